The Morgan fingerprint density at radius 2 is 1.73 bits per heavy atom. The lowest BCUT2D eigenvalue weighted by Crippen LogP contribution is -2.01. The van der Waals surface area contributed by atoms with Gasteiger partial charge in [-0.25, -0.2) is 5.48 Å². The highest BCUT2D eigenvalue weighted by atomic mass is 16.6. The number of hydrogen-bond donors (Lipinski definition) is 3. The first-order valence-electron chi connectivity index (χ1n) is 4.31. The summed E-state index contributed by atoms with van der Waals surface area (Å²) in [5.74, 6) is 0.322. The van der Waals surface area contributed by atoms with E-state index < -0.39 is 0 Å². The molecule has 1 heterocycles. The first-order valence-corrected chi connectivity index (χ1v) is 4.31. The zero-order valence-electron chi connectivity index (χ0n) is 8.50. The van der Waals surface area contributed by atoms with E-state index in [9.17, 15) is 0 Å². The molecule has 4 heteroatoms. The molecular formula is C11H15NO3. The van der Waals surface area contributed by atoms with Crippen LogP contribution in [0.15, 0.2) is 54.9 Å². The monoisotopic (exact) mass is 209 g/mol. The Bertz CT molecular complexity index is 271. The van der Waals surface area contributed by atoms with Crippen molar-refractivity contribution in [1.29, 1.82) is 0 Å². The predicted octanol–water partition coefficient (Wildman–Crippen LogP) is 1.55. The van der Waals surface area contributed by atoms with Crippen LogP contribution in [-0.2, 0) is 4.84 Å². The largest absolute Gasteiger partial charge is 0.508 e. The number of aliphatic hydroxyl groups is 1. The number of phenols is 1. The summed E-state index contributed by atoms with van der Waals surface area (Å²) in [6, 6.07) is 8.71. The molecule has 0 radical (unpaired) electrons. The van der Waals surface area contributed by atoms with Gasteiger partial charge in [0.1, 0.15) is 12.0 Å². The Labute approximate surface area is 89.1 Å². The van der Waals surface area contributed by atoms with Crippen molar-refractivity contribution in [1.82, 2.24) is 5.48 Å². The van der Waals surface area contributed by atoms with Crippen LogP contribution in [0.25, 0.3) is 0 Å². The van der Waals surface area contributed by atoms with Gasteiger partial charge in [0, 0.05) is 13.3 Å². The van der Waals surface area contributed by atoms with E-state index in [0.29, 0.717) is 5.75 Å². The molecule has 0 saturated carbocycles. The molecule has 1 aromatic rings. The molecule has 0 fully saturated rings. The van der Waals surface area contributed by atoms with Gasteiger partial charge in [-0.15, -0.1) is 0 Å². The summed E-state index contributed by atoms with van der Waals surface area (Å²) in [5.41, 5.74) is 2.52. The van der Waals surface area contributed by atoms with Gasteiger partial charge in [0.25, 0.3) is 0 Å². The Morgan fingerprint density at radius 1 is 1.07 bits per heavy atom. The molecule has 3 N–H and O–H groups in total. The molecule has 1 aliphatic heterocycles. The van der Waals surface area contributed by atoms with Gasteiger partial charge in [-0.3, -0.25) is 0 Å². The van der Waals surface area contributed by atoms with E-state index in [4.69, 9.17) is 10.2 Å². The van der Waals surface area contributed by atoms with Gasteiger partial charge in [0.05, 0.1) is 0 Å². The molecule has 15 heavy (non-hydrogen) atoms. The summed E-state index contributed by atoms with van der Waals surface area (Å²) in [4.78, 5) is 4.55. The summed E-state index contributed by atoms with van der Waals surface area (Å²) in [6.07, 6.45) is 6.93. The van der Waals surface area contributed by atoms with Crippen molar-refractivity contribution in [3.63, 3.8) is 0 Å². The molecule has 0 amide bonds. The first-order chi connectivity index (χ1) is 7.39. The molecular weight excluding hydrogens is 194 g/mol. The van der Waals surface area contributed by atoms with Gasteiger partial charge in [-0.05, 0) is 24.3 Å². The van der Waals surface area contributed by atoms with Gasteiger partial charge >= 0.3 is 0 Å². The third-order valence-corrected chi connectivity index (χ3v) is 1.25. The van der Waals surface area contributed by atoms with Crippen LogP contribution in [0.5, 0.6) is 5.75 Å². The molecule has 82 valence electrons. The number of para-hydroxylation sites is 1. The summed E-state index contributed by atoms with van der Waals surface area (Å²) in [6.45, 7) is 0. The average molecular weight is 209 g/mol. The Balaban J connectivity index is 0.000000227. The maximum Gasteiger partial charge on any atom is 0.119 e. The van der Waals surface area contributed by atoms with E-state index >= 15 is 0 Å². The zero-order chi connectivity index (χ0) is 11.4. The average Bonchev–Trinajstić information content (AvgIpc) is 2.36. The number of phenolic OH excluding ortho intramolecular Hbond substituents is 1. The van der Waals surface area contributed by atoms with Crippen LogP contribution in [0, 0.1) is 0 Å². The smallest absolute Gasteiger partial charge is 0.119 e. The van der Waals surface area contributed by atoms with Gasteiger partial charge < -0.3 is 15.1 Å². The maximum absolute atomic E-state index is 8.63. The van der Waals surface area contributed by atoms with Gasteiger partial charge in [-0.2, -0.15) is 0 Å². The quantitative estimate of drug-likeness (QED) is 0.606. The number of allylic oxidation sites excluding steroid dienone is 2. The van der Waals surface area contributed by atoms with Crippen LogP contribution in [-0.4, -0.2) is 17.3 Å². The molecule has 0 aromatic heterocycles. The molecule has 1 aromatic carbocycles. The van der Waals surface area contributed by atoms with Crippen molar-refractivity contribution in [2.75, 3.05) is 7.11 Å². The Morgan fingerprint density at radius 3 is 1.93 bits per heavy atom. The fourth-order valence-corrected chi connectivity index (χ4v) is 0.686. The highest BCUT2D eigenvalue weighted by Gasteiger charge is 1.74. The highest BCUT2D eigenvalue weighted by Crippen LogP contribution is 2.02. The molecule has 2 rings (SSSR count). The predicted molar refractivity (Wildman–Crippen MR) is 58.8 cm³/mol. The molecule has 0 bridgehead atoms. The molecule has 0 aliphatic carbocycles. The van der Waals surface area contributed by atoms with Crippen molar-refractivity contribution in [3.05, 3.63) is 54.9 Å². The minimum atomic E-state index is 0.322. The summed E-state index contributed by atoms with van der Waals surface area (Å²) in [5, 5.41) is 15.6. The van der Waals surface area contributed by atoms with E-state index in [1.165, 1.54) is 0 Å². The second-order valence-electron chi connectivity index (χ2n) is 2.26. The molecule has 0 spiro atoms. The number of aliphatic hydroxyl groups excluding tert-OH is 1. The van der Waals surface area contributed by atoms with Crippen molar-refractivity contribution >= 4 is 0 Å². The first kappa shape index (κ1) is 13.1. The lowest BCUT2D eigenvalue weighted by Gasteiger charge is -1.97. The molecule has 0 saturated heterocycles. The van der Waals surface area contributed by atoms with E-state index in [1.807, 2.05) is 12.1 Å². The number of rotatable bonds is 0. The van der Waals surface area contributed by atoms with Crippen LogP contribution in [0.2, 0.25) is 0 Å². The normalized spacial score (nSPS) is 10.8. The van der Waals surface area contributed by atoms with Gasteiger partial charge in [-0.1, -0.05) is 18.2 Å². The summed E-state index contributed by atoms with van der Waals surface area (Å²) < 4.78 is 0. The van der Waals surface area contributed by atoms with E-state index in [2.05, 4.69) is 10.3 Å². The Kier molecular flexibility index (Phi) is 8.83. The van der Waals surface area contributed by atoms with Gasteiger partial charge in [0.2, 0.25) is 0 Å². The number of hydroxylamine groups is 1. The third kappa shape index (κ3) is 8.39. The number of hydrogen-bond acceptors (Lipinski definition) is 4. The SMILES string of the molecule is C1=CNOC=C1.CO.Oc1ccccc1. The second kappa shape index (κ2) is 10.1. The minimum absolute atomic E-state index is 0.322. The maximum atomic E-state index is 8.63. The summed E-state index contributed by atoms with van der Waals surface area (Å²) >= 11 is 0. The summed E-state index contributed by atoms with van der Waals surface area (Å²) in [7, 11) is 1.00. The van der Waals surface area contributed by atoms with Crippen LogP contribution in [0.3, 0.4) is 0 Å². The topological polar surface area (TPSA) is 61.7 Å². The number of aromatic hydroxyl groups is 1. The van der Waals surface area contributed by atoms with Crippen LogP contribution in [0.4, 0.5) is 0 Å². The number of nitrogens with one attached hydrogen (secondary N) is 1. The zero-order valence-corrected chi connectivity index (χ0v) is 8.50. The molecule has 0 unspecified atom stereocenters. The molecule has 1 aliphatic rings. The lowest BCUT2D eigenvalue weighted by atomic mass is 10.3. The fraction of sp³-hybridized carbons (Fsp3) is 0.0909. The van der Waals surface area contributed by atoms with Crippen LogP contribution < -0.4 is 5.48 Å². The van der Waals surface area contributed by atoms with E-state index in [1.54, 1.807) is 42.8 Å². The van der Waals surface area contributed by atoms with Crippen molar-refractivity contribution in [3.8, 4) is 5.75 Å². The van der Waals surface area contributed by atoms with Crippen LogP contribution in [0.1, 0.15) is 0 Å². The minimum Gasteiger partial charge on any atom is -0.508 e. The van der Waals surface area contributed by atoms with Crippen LogP contribution >= 0.6 is 0 Å². The second-order valence-corrected chi connectivity index (χ2v) is 2.26. The molecule has 4 nitrogen and oxygen atoms in total. The van der Waals surface area contributed by atoms with E-state index in [-0.39, 0.29) is 0 Å². The van der Waals surface area contributed by atoms with Crippen molar-refractivity contribution < 1.29 is 15.1 Å². The fourth-order valence-electron chi connectivity index (χ4n) is 0.686. The standard InChI is InChI=1S/C6H6O.C4H5NO.CH4O/c7-6-4-2-1-3-5-6;1-2-4-6-5-3-1;1-2/h1-5,7H;1-5H;2H,1H3. The van der Waals surface area contributed by atoms with Gasteiger partial charge in [0.15, 0.2) is 0 Å². The lowest BCUT2D eigenvalue weighted by molar-refractivity contribution is 0.172. The highest BCUT2D eigenvalue weighted by molar-refractivity contribution is 5.18. The van der Waals surface area contributed by atoms with E-state index in [0.717, 1.165) is 7.11 Å². The third-order valence-electron chi connectivity index (χ3n) is 1.25. The Hall–Kier alpha value is -1.94. The van der Waals surface area contributed by atoms with Crippen molar-refractivity contribution in [2.45, 2.75) is 0 Å². The molecule has 0 atom stereocenters. The number of benzene rings is 1. The van der Waals surface area contributed by atoms with Crippen molar-refractivity contribution in [2.24, 2.45) is 0 Å².